The minimum absolute atomic E-state index is 0.0482. The summed E-state index contributed by atoms with van der Waals surface area (Å²) in [6.45, 7) is 16.2. The molecule has 0 spiro atoms. The number of hydrogen-bond donors (Lipinski definition) is 1. The van der Waals surface area contributed by atoms with Gasteiger partial charge in [-0.25, -0.2) is 4.68 Å². The smallest absolute Gasteiger partial charge is 0.252 e. The fraction of sp³-hybridized carbons (Fsp3) is 0.481. The molecule has 0 amide bonds. The van der Waals surface area contributed by atoms with Crippen LogP contribution in [0.2, 0.25) is 0 Å². The van der Waals surface area contributed by atoms with E-state index in [1.54, 1.807) is 11.3 Å². The Morgan fingerprint density at radius 2 is 1.89 bits per heavy atom. The van der Waals surface area contributed by atoms with Crippen LogP contribution in [-0.2, 0) is 18.6 Å². The van der Waals surface area contributed by atoms with Crippen molar-refractivity contribution in [3.05, 3.63) is 73.5 Å². The summed E-state index contributed by atoms with van der Waals surface area (Å²) in [5.41, 5.74) is 3.75. The maximum Gasteiger partial charge on any atom is 0.252 e. The zero-order valence-corrected chi connectivity index (χ0v) is 22.6. The molecule has 35 heavy (non-hydrogen) atoms. The predicted molar refractivity (Wildman–Crippen MR) is 143 cm³/mol. The van der Waals surface area contributed by atoms with Gasteiger partial charge in [0.25, 0.3) is 5.56 Å². The molecule has 4 rings (SSSR count). The lowest BCUT2D eigenvalue weighted by Gasteiger charge is -2.35. The van der Waals surface area contributed by atoms with Crippen LogP contribution in [0.5, 0.6) is 0 Å². The first-order valence-corrected chi connectivity index (χ1v) is 13.2. The van der Waals surface area contributed by atoms with Crippen molar-refractivity contribution in [2.24, 2.45) is 5.92 Å². The number of benzene rings is 1. The Morgan fingerprint density at radius 3 is 2.54 bits per heavy atom. The molecule has 1 atom stereocenters. The molecule has 0 aliphatic rings. The average molecular weight is 493 g/mol. The van der Waals surface area contributed by atoms with Crippen LogP contribution in [0.25, 0.3) is 10.9 Å². The molecule has 0 aliphatic heterocycles. The van der Waals surface area contributed by atoms with Crippen molar-refractivity contribution in [3.63, 3.8) is 0 Å². The van der Waals surface area contributed by atoms with Crippen molar-refractivity contribution in [1.82, 2.24) is 30.1 Å². The number of H-pyrrole nitrogens is 1. The number of nitrogens with one attached hydrogen (secondary N) is 1. The highest BCUT2D eigenvalue weighted by atomic mass is 32.1. The highest BCUT2D eigenvalue weighted by Gasteiger charge is 2.34. The van der Waals surface area contributed by atoms with Crippen molar-refractivity contribution in [3.8, 4) is 0 Å². The van der Waals surface area contributed by atoms with Crippen LogP contribution in [0.15, 0.2) is 40.5 Å². The molecule has 0 saturated carbocycles. The number of thiophene rings is 1. The van der Waals surface area contributed by atoms with Crippen LogP contribution in [0, 0.1) is 19.8 Å². The van der Waals surface area contributed by atoms with E-state index in [4.69, 9.17) is 0 Å². The number of aromatic nitrogens is 5. The van der Waals surface area contributed by atoms with Gasteiger partial charge in [0.15, 0.2) is 5.82 Å². The van der Waals surface area contributed by atoms with E-state index in [0.29, 0.717) is 13.1 Å². The van der Waals surface area contributed by atoms with Gasteiger partial charge in [0.2, 0.25) is 0 Å². The summed E-state index contributed by atoms with van der Waals surface area (Å²) in [6.07, 6.45) is 0.907. The predicted octanol–water partition coefficient (Wildman–Crippen LogP) is 5.74. The second-order valence-corrected chi connectivity index (χ2v) is 11.5. The lowest BCUT2D eigenvalue weighted by molar-refractivity contribution is 0.119. The first kappa shape index (κ1) is 25.3. The molecule has 0 saturated heterocycles. The maximum atomic E-state index is 13.2. The Hall–Kier alpha value is -2.84. The van der Waals surface area contributed by atoms with Crippen LogP contribution < -0.4 is 5.56 Å². The van der Waals surface area contributed by atoms with Crippen LogP contribution in [0.4, 0.5) is 0 Å². The van der Waals surface area contributed by atoms with Crippen molar-refractivity contribution < 1.29 is 0 Å². The van der Waals surface area contributed by atoms with Crippen molar-refractivity contribution in [1.29, 1.82) is 0 Å². The number of aromatic amines is 1. The zero-order valence-electron chi connectivity index (χ0n) is 21.8. The van der Waals surface area contributed by atoms with Crippen LogP contribution >= 0.6 is 11.3 Å². The second kappa shape index (κ2) is 10.0. The third-order valence-corrected chi connectivity index (χ3v) is 7.93. The monoisotopic (exact) mass is 492 g/mol. The highest BCUT2D eigenvalue weighted by molar-refractivity contribution is 7.09. The first-order chi connectivity index (χ1) is 16.6. The molecule has 186 valence electrons. The summed E-state index contributed by atoms with van der Waals surface area (Å²) < 4.78 is 1.97. The summed E-state index contributed by atoms with van der Waals surface area (Å²) in [7, 11) is 0. The van der Waals surface area contributed by atoms with Gasteiger partial charge in [-0.05, 0) is 96.6 Å². The Bertz CT molecular complexity index is 1350. The standard InChI is InChI=1S/C27H36N6OS/c1-8-27(6,7)33-25(29-30-31-33)24(17(2)3)32(16-22-10-9-11-35-22)15-21-14-20-12-18(4)19(5)13-23(20)28-26(21)34/h9-14,17,24H,8,15-16H2,1-7H3,(H,28,34)/t24-/m1/s1. The van der Waals surface area contributed by atoms with Crippen LogP contribution in [-0.4, -0.2) is 30.1 Å². The molecule has 0 unspecified atom stereocenters. The highest BCUT2D eigenvalue weighted by Crippen LogP contribution is 2.33. The molecule has 0 radical (unpaired) electrons. The molecule has 0 fully saturated rings. The second-order valence-electron chi connectivity index (χ2n) is 10.4. The third kappa shape index (κ3) is 5.23. The summed E-state index contributed by atoms with van der Waals surface area (Å²) >= 11 is 1.73. The SMILES string of the molecule is CCC(C)(C)n1nnnc1[C@@H](C(C)C)N(Cc1cccs1)Cc1cc2cc(C)c(C)cc2[nH]c1=O. The number of aryl methyl sites for hydroxylation is 2. The molecule has 4 aromatic rings. The molecule has 7 nitrogen and oxygen atoms in total. The minimum atomic E-state index is -0.212. The van der Waals surface area contributed by atoms with Gasteiger partial charge in [-0.15, -0.1) is 16.4 Å². The minimum Gasteiger partial charge on any atom is -0.322 e. The molecule has 3 aromatic heterocycles. The van der Waals surface area contributed by atoms with E-state index in [2.05, 4.69) is 104 Å². The Labute approximate surface area is 211 Å². The molecule has 1 N–H and O–H groups in total. The normalized spacial score (nSPS) is 13.3. The molecule has 0 bridgehead atoms. The Morgan fingerprint density at radius 1 is 1.14 bits per heavy atom. The van der Waals surface area contributed by atoms with Gasteiger partial charge >= 0.3 is 0 Å². The number of tetrazole rings is 1. The molecule has 0 aliphatic carbocycles. The van der Waals surface area contributed by atoms with E-state index < -0.39 is 0 Å². The van der Waals surface area contributed by atoms with Gasteiger partial charge in [-0.1, -0.05) is 26.8 Å². The van der Waals surface area contributed by atoms with Gasteiger partial charge in [0.1, 0.15) is 0 Å². The topological polar surface area (TPSA) is 79.7 Å². The van der Waals surface area contributed by atoms with Crippen molar-refractivity contribution in [2.45, 2.75) is 79.6 Å². The average Bonchev–Trinajstić information content (AvgIpc) is 3.48. The van der Waals surface area contributed by atoms with Crippen LogP contribution in [0.3, 0.4) is 0 Å². The molecule has 8 heteroatoms. The van der Waals surface area contributed by atoms with Gasteiger partial charge in [0.05, 0.1) is 11.6 Å². The van der Waals surface area contributed by atoms with E-state index in [1.807, 2.05) is 10.7 Å². The van der Waals surface area contributed by atoms with Gasteiger partial charge in [-0.2, -0.15) is 0 Å². The van der Waals surface area contributed by atoms with Gasteiger partial charge < -0.3 is 4.98 Å². The van der Waals surface area contributed by atoms with E-state index in [-0.39, 0.29) is 23.1 Å². The molecule has 3 heterocycles. The van der Waals surface area contributed by atoms with Gasteiger partial charge in [-0.3, -0.25) is 9.69 Å². The van der Waals surface area contributed by atoms with E-state index >= 15 is 0 Å². The van der Waals surface area contributed by atoms with E-state index in [1.165, 1.54) is 16.0 Å². The van der Waals surface area contributed by atoms with Crippen LogP contribution in [0.1, 0.15) is 74.5 Å². The van der Waals surface area contributed by atoms with Crippen molar-refractivity contribution >= 4 is 22.2 Å². The summed E-state index contributed by atoms with van der Waals surface area (Å²) in [5.74, 6) is 1.07. The maximum absolute atomic E-state index is 13.2. The number of pyridine rings is 1. The molecule has 1 aromatic carbocycles. The Balaban J connectivity index is 1.80. The number of nitrogens with zero attached hydrogens (tertiary/aromatic N) is 5. The van der Waals surface area contributed by atoms with Gasteiger partial charge in [0, 0.05) is 29.0 Å². The summed E-state index contributed by atoms with van der Waals surface area (Å²) in [6, 6.07) is 10.4. The third-order valence-electron chi connectivity index (χ3n) is 7.07. The Kier molecular flexibility index (Phi) is 7.24. The van der Waals surface area contributed by atoms with Crippen molar-refractivity contribution in [2.75, 3.05) is 0 Å². The van der Waals surface area contributed by atoms with E-state index in [9.17, 15) is 4.79 Å². The fourth-order valence-corrected chi connectivity index (χ4v) is 5.29. The number of fused-ring (bicyclic) bond motifs is 1. The number of hydrogen-bond acceptors (Lipinski definition) is 6. The quantitative estimate of drug-likeness (QED) is 0.322. The lowest BCUT2D eigenvalue weighted by atomic mass is 9.97. The zero-order chi connectivity index (χ0) is 25.3. The number of rotatable bonds is 9. The fourth-order valence-electron chi connectivity index (χ4n) is 4.56. The summed E-state index contributed by atoms with van der Waals surface area (Å²) in [5, 5.41) is 16.1. The summed E-state index contributed by atoms with van der Waals surface area (Å²) in [4.78, 5) is 19.9. The largest absolute Gasteiger partial charge is 0.322 e. The molecular formula is C27H36N6OS. The first-order valence-electron chi connectivity index (χ1n) is 12.3. The van der Waals surface area contributed by atoms with E-state index in [0.717, 1.165) is 28.7 Å². The lowest BCUT2D eigenvalue weighted by Crippen LogP contribution is -2.38. The molecular weight excluding hydrogens is 456 g/mol.